The summed E-state index contributed by atoms with van der Waals surface area (Å²) in [5.74, 6) is -1.08. The summed E-state index contributed by atoms with van der Waals surface area (Å²) in [4.78, 5) is 23.7. The van der Waals surface area contributed by atoms with Crippen molar-refractivity contribution in [2.45, 2.75) is 25.9 Å². The first kappa shape index (κ1) is 16.9. The molecular weight excluding hydrogens is 292 g/mol. The predicted molar refractivity (Wildman–Crippen MR) is 88.1 cm³/mol. The molecule has 0 radical (unpaired) electrons. The van der Waals surface area contributed by atoms with E-state index in [2.05, 4.69) is 0 Å². The van der Waals surface area contributed by atoms with E-state index in [0.29, 0.717) is 5.56 Å². The number of Topliss-reactive ketones (excluding diaryl/α,β-unsaturated/α-hetero) is 1. The van der Waals surface area contributed by atoms with Crippen molar-refractivity contribution in [1.29, 1.82) is 0 Å². The fourth-order valence-electron chi connectivity index (χ4n) is 1.99. The summed E-state index contributed by atoms with van der Waals surface area (Å²) in [6.45, 7) is 2.67. The Kier molecular flexibility index (Phi) is 5.29. The van der Waals surface area contributed by atoms with E-state index in [1.807, 2.05) is 42.5 Å². The number of aliphatic hydroxyl groups is 1. The number of rotatable bonds is 6. The van der Waals surface area contributed by atoms with E-state index in [1.165, 1.54) is 6.92 Å². The molecule has 0 saturated carbocycles. The highest BCUT2D eigenvalue weighted by Crippen LogP contribution is 2.19. The van der Waals surface area contributed by atoms with Gasteiger partial charge >= 0.3 is 5.97 Å². The Morgan fingerprint density at radius 3 is 2.13 bits per heavy atom. The topological polar surface area (TPSA) is 63.6 Å². The summed E-state index contributed by atoms with van der Waals surface area (Å²) < 4.78 is 4.89. The molecule has 2 aromatic rings. The quantitative estimate of drug-likeness (QED) is 0.657. The van der Waals surface area contributed by atoms with Crippen LogP contribution in [0.2, 0.25) is 0 Å². The molecule has 4 nitrogen and oxygen atoms in total. The highest BCUT2D eigenvalue weighted by Gasteiger charge is 2.30. The molecule has 0 fully saturated rings. The summed E-state index contributed by atoms with van der Waals surface area (Å²) in [6.07, 6.45) is 0.228. The highest BCUT2D eigenvalue weighted by molar-refractivity contribution is 5.98. The fourth-order valence-corrected chi connectivity index (χ4v) is 1.99. The van der Waals surface area contributed by atoms with Crippen LogP contribution in [0.25, 0.3) is 11.1 Å². The Hall–Kier alpha value is -2.46. The highest BCUT2D eigenvalue weighted by atomic mass is 16.6. The van der Waals surface area contributed by atoms with Crippen LogP contribution in [0.1, 0.15) is 30.6 Å². The molecule has 1 atom stereocenters. The number of hydrogen-bond acceptors (Lipinski definition) is 4. The minimum Gasteiger partial charge on any atom is -0.455 e. The lowest BCUT2D eigenvalue weighted by Gasteiger charge is -2.18. The molecule has 1 N–H and O–H groups in total. The number of ketones is 1. The minimum atomic E-state index is -1.56. The molecule has 0 aliphatic carbocycles. The van der Waals surface area contributed by atoms with Gasteiger partial charge in [-0.3, -0.25) is 4.79 Å². The Bertz CT molecular complexity index is 672. The SMILES string of the molecule is CC[C@@](C)(O)C(=O)OCC(=O)c1ccc(-c2ccccc2)cc1. The third-order valence-electron chi connectivity index (χ3n) is 3.78. The van der Waals surface area contributed by atoms with Gasteiger partial charge in [0.15, 0.2) is 18.0 Å². The summed E-state index contributed by atoms with van der Waals surface area (Å²) >= 11 is 0. The summed E-state index contributed by atoms with van der Waals surface area (Å²) in [5, 5.41) is 9.75. The first-order valence-electron chi connectivity index (χ1n) is 7.52. The molecule has 0 heterocycles. The van der Waals surface area contributed by atoms with Gasteiger partial charge in [0, 0.05) is 5.56 Å². The lowest BCUT2D eigenvalue weighted by Crippen LogP contribution is -2.37. The van der Waals surface area contributed by atoms with Gasteiger partial charge in [-0.2, -0.15) is 0 Å². The molecule has 0 unspecified atom stereocenters. The van der Waals surface area contributed by atoms with Gasteiger partial charge in [-0.25, -0.2) is 4.79 Å². The number of benzene rings is 2. The molecule has 0 aliphatic rings. The summed E-state index contributed by atoms with van der Waals surface area (Å²) in [5.41, 5.74) is 0.982. The molecule has 0 amide bonds. The van der Waals surface area contributed by atoms with Gasteiger partial charge in [-0.15, -0.1) is 0 Å². The summed E-state index contributed by atoms with van der Waals surface area (Å²) in [7, 11) is 0. The van der Waals surface area contributed by atoms with E-state index >= 15 is 0 Å². The zero-order valence-corrected chi connectivity index (χ0v) is 13.3. The molecule has 2 aromatic carbocycles. The molecule has 0 aliphatic heterocycles. The van der Waals surface area contributed by atoms with E-state index in [0.717, 1.165) is 11.1 Å². The molecular formula is C19H20O4. The van der Waals surface area contributed by atoms with Gasteiger partial charge in [0.2, 0.25) is 0 Å². The van der Waals surface area contributed by atoms with Gasteiger partial charge in [0.1, 0.15) is 0 Å². The maximum Gasteiger partial charge on any atom is 0.338 e. The molecule has 23 heavy (non-hydrogen) atoms. The standard InChI is InChI=1S/C19H20O4/c1-3-19(2,22)18(21)23-13-17(20)16-11-9-15(10-12-16)14-7-5-4-6-8-14/h4-12,22H,3,13H2,1-2H3/t19-/m1/s1. The van der Waals surface area contributed by atoms with Crippen LogP contribution in [-0.2, 0) is 9.53 Å². The molecule has 2 rings (SSSR count). The predicted octanol–water partition coefficient (Wildman–Crippen LogP) is 3.24. The largest absolute Gasteiger partial charge is 0.455 e. The number of ether oxygens (including phenoxy) is 1. The van der Waals surface area contributed by atoms with Crippen LogP contribution in [0.5, 0.6) is 0 Å². The average molecular weight is 312 g/mol. The van der Waals surface area contributed by atoms with Crippen molar-refractivity contribution in [3.63, 3.8) is 0 Å². The molecule has 4 heteroatoms. The Morgan fingerprint density at radius 1 is 1.00 bits per heavy atom. The fraction of sp³-hybridized carbons (Fsp3) is 0.263. The molecule has 0 aromatic heterocycles. The smallest absolute Gasteiger partial charge is 0.338 e. The van der Waals surface area contributed by atoms with Crippen molar-refractivity contribution in [1.82, 2.24) is 0 Å². The van der Waals surface area contributed by atoms with Crippen LogP contribution >= 0.6 is 0 Å². The van der Waals surface area contributed by atoms with Crippen molar-refractivity contribution in [3.8, 4) is 11.1 Å². The van der Waals surface area contributed by atoms with Crippen LogP contribution in [0.15, 0.2) is 54.6 Å². The maximum absolute atomic E-state index is 12.1. The van der Waals surface area contributed by atoms with Crippen molar-refractivity contribution in [2.75, 3.05) is 6.61 Å². The Balaban J connectivity index is 2.00. The van der Waals surface area contributed by atoms with Crippen LogP contribution in [-0.4, -0.2) is 29.1 Å². The second kappa shape index (κ2) is 7.20. The third-order valence-corrected chi connectivity index (χ3v) is 3.78. The molecule has 120 valence electrons. The van der Waals surface area contributed by atoms with E-state index in [4.69, 9.17) is 4.74 Å². The Morgan fingerprint density at radius 2 is 1.57 bits per heavy atom. The van der Waals surface area contributed by atoms with Crippen LogP contribution in [0.3, 0.4) is 0 Å². The van der Waals surface area contributed by atoms with Gasteiger partial charge in [0.05, 0.1) is 0 Å². The monoisotopic (exact) mass is 312 g/mol. The molecule has 0 saturated heterocycles. The van der Waals surface area contributed by atoms with Gasteiger partial charge in [-0.1, -0.05) is 61.5 Å². The van der Waals surface area contributed by atoms with Crippen LogP contribution in [0, 0.1) is 0 Å². The lowest BCUT2D eigenvalue weighted by molar-refractivity contribution is -0.162. The number of hydrogen-bond donors (Lipinski definition) is 1. The Labute approximate surface area is 135 Å². The number of esters is 1. The lowest BCUT2D eigenvalue weighted by atomic mass is 10.0. The van der Waals surface area contributed by atoms with Gasteiger partial charge < -0.3 is 9.84 Å². The zero-order chi connectivity index (χ0) is 16.9. The van der Waals surface area contributed by atoms with Crippen molar-refractivity contribution in [2.24, 2.45) is 0 Å². The average Bonchev–Trinajstić information content (AvgIpc) is 2.60. The second-order valence-electron chi connectivity index (χ2n) is 5.57. The normalized spacial score (nSPS) is 13.2. The third kappa shape index (κ3) is 4.27. The zero-order valence-electron chi connectivity index (χ0n) is 13.3. The summed E-state index contributed by atoms with van der Waals surface area (Å²) in [6, 6.07) is 16.9. The number of carbonyl (C=O) groups excluding carboxylic acids is 2. The van der Waals surface area contributed by atoms with Crippen molar-refractivity contribution < 1.29 is 19.4 Å². The molecule has 0 bridgehead atoms. The van der Waals surface area contributed by atoms with Gasteiger partial charge in [-0.05, 0) is 24.5 Å². The van der Waals surface area contributed by atoms with Crippen LogP contribution < -0.4 is 0 Å². The van der Waals surface area contributed by atoms with E-state index < -0.39 is 11.6 Å². The first-order chi connectivity index (χ1) is 10.9. The second-order valence-corrected chi connectivity index (χ2v) is 5.57. The van der Waals surface area contributed by atoms with Crippen molar-refractivity contribution >= 4 is 11.8 Å². The van der Waals surface area contributed by atoms with Crippen molar-refractivity contribution in [3.05, 3.63) is 60.2 Å². The van der Waals surface area contributed by atoms with E-state index in [9.17, 15) is 14.7 Å². The minimum absolute atomic E-state index is 0.228. The van der Waals surface area contributed by atoms with E-state index in [-0.39, 0.29) is 18.8 Å². The van der Waals surface area contributed by atoms with E-state index in [1.54, 1.807) is 19.1 Å². The van der Waals surface area contributed by atoms with Crippen LogP contribution in [0.4, 0.5) is 0 Å². The molecule has 0 spiro atoms. The first-order valence-corrected chi connectivity index (χ1v) is 7.52. The van der Waals surface area contributed by atoms with Gasteiger partial charge in [0.25, 0.3) is 0 Å². The number of carbonyl (C=O) groups is 2. The maximum atomic E-state index is 12.1.